The van der Waals surface area contributed by atoms with E-state index in [4.69, 9.17) is 30.1 Å². The molecule has 14 nitrogen and oxygen atoms in total. The van der Waals surface area contributed by atoms with Gasteiger partial charge in [-0.25, -0.2) is 0 Å². The predicted octanol–water partition coefficient (Wildman–Crippen LogP) is 6.60. The molecule has 1 aromatic rings. The molecule has 11 atom stereocenters. The number of thioether (sulfide) groups is 1. The molecule has 1 fully saturated rings. The second kappa shape index (κ2) is 28.5. The van der Waals surface area contributed by atoms with Gasteiger partial charge in [-0.15, -0.1) is 0 Å². The van der Waals surface area contributed by atoms with Crippen LogP contribution in [0.4, 0.5) is 5.69 Å². The highest BCUT2D eigenvalue weighted by Gasteiger charge is 2.44. The number of nitrogens with zero attached hydrogens (tertiary/aromatic N) is 2. The Kier molecular flexibility index (Phi) is 26.1. The van der Waals surface area contributed by atoms with Crippen molar-refractivity contribution in [2.75, 3.05) is 46.6 Å². The van der Waals surface area contributed by atoms with Crippen molar-refractivity contribution >= 4 is 50.8 Å². The van der Waals surface area contributed by atoms with Crippen molar-refractivity contribution in [2.45, 2.75) is 150 Å². The van der Waals surface area contributed by atoms with Crippen LogP contribution in [-0.2, 0) is 38.1 Å². The van der Waals surface area contributed by atoms with Crippen LogP contribution in [0.2, 0.25) is 0 Å². The Bertz CT molecular complexity index is 1540. The lowest BCUT2D eigenvalue weighted by molar-refractivity contribution is -0.253. The number of aliphatic hydroxyl groups is 2. The molecule has 5 N–H and O–H groups in total. The molecule has 1 saturated heterocycles. The zero-order valence-corrected chi connectivity index (χ0v) is 39.8. The lowest BCUT2D eigenvalue weighted by atomic mass is 9.80. The summed E-state index contributed by atoms with van der Waals surface area (Å²) in [6.45, 7) is 20.1. The van der Waals surface area contributed by atoms with Crippen LogP contribution in [0.25, 0.3) is 4.91 Å². The first-order valence-corrected chi connectivity index (χ1v) is 22.7. The zero-order valence-electron chi connectivity index (χ0n) is 39.0. The average Bonchev–Trinajstić information content (AvgIpc) is 3.22. The number of nitrogen functional groups attached to an aromatic ring is 1. The summed E-state index contributed by atoms with van der Waals surface area (Å²) < 4.78 is 24.0. The highest BCUT2D eigenvalue weighted by atomic mass is 32.2. The van der Waals surface area contributed by atoms with Crippen molar-refractivity contribution < 1.29 is 48.3 Å². The van der Waals surface area contributed by atoms with E-state index in [1.54, 1.807) is 32.9 Å². The number of nitrogens with two attached hydrogens (primary N) is 1. The number of amides is 1. The fourth-order valence-electron chi connectivity index (χ4n) is 7.34. The van der Waals surface area contributed by atoms with Crippen LogP contribution in [0.5, 0.6) is 0 Å². The number of methoxy groups -OCH3 is 1. The van der Waals surface area contributed by atoms with Crippen molar-refractivity contribution in [2.24, 2.45) is 23.7 Å². The van der Waals surface area contributed by atoms with Gasteiger partial charge in [-0.2, -0.15) is 0 Å². The minimum absolute atomic E-state index is 0.0931. The SMILES string of the molecule is C=C(SC(=N)CCCCN(C(=O)CCC)[C@H]1[C@H](O)COC(=O)[C@H](C)C(=O)[C@H](C)[C@@H](O[C@H](O[C@H](C)CCN(C)C)[C@@H](C)O)[C@@H](OC)C[C@@H](C)C(=O)[C@@H]1C)c1cccc(N)c1.CC. The molecule has 0 aromatic heterocycles. The summed E-state index contributed by atoms with van der Waals surface area (Å²) in [6.07, 6.45) is -3.06. The summed E-state index contributed by atoms with van der Waals surface area (Å²) in [5, 5.41) is 31.4. The highest BCUT2D eigenvalue weighted by Crippen LogP contribution is 2.32. The van der Waals surface area contributed by atoms with E-state index < -0.39 is 78.8 Å². The number of aliphatic hydroxyl groups excluding tert-OH is 2. The largest absolute Gasteiger partial charge is 0.462 e. The number of ketones is 2. The Morgan fingerprint density at radius 2 is 1.70 bits per heavy atom. The fourth-order valence-corrected chi connectivity index (χ4v) is 8.12. The number of cyclic esters (lactones) is 1. The Morgan fingerprint density at radius 3 is 2.28 bits per heavy atom. The summed E-state index contributed by atoms with van der Waals surface area (Å²) in [5.74, 6) is -5.73. The van der Waals surface area contributed by atoms with Gasteiger partial charge in [-0.3, -0.25) is 24.6 Å². The van der Waals surface area contributed by atoms with E-state index in [-0.39, 0.29) is 37.2 Å². The normalized spacial score (nSPS) is 25.7. The number of carbonyl (C=O) groups excluding carboxylic acids is 4. The lowest BCUT2D eigenvalue weighted by Crippen LogP contribution is -2.55. The first-order chi connectivity index (χ1) is 28.7. The van der Waals surface area contributed by atoms with E-state index in [1.165, 1.54) is 37.6 Å². The van der Waals surface area contributed by atoms with Crippen molar-refractivity contribution in [3.05, 3.63) is 36.4 Å². The van der Waals surface area contributed by atoms with Crippen molar-refractivity contribution in [1.82, 2.24) is 9.80 Å². The Labute approximate surface area is 370 Å². The van der Waals surface area contributed by atoms with E-state index in [1.807, 2.05) is 58.8 Å². The third kappa shape index (κ3) is 18.2. The number of esters is 1. The number of Topliss-reactive ketones (excluding diaryl/α,β-unsaturated/α-hetero) is 2. The zero-order chi connectivity index (χ0) is 46.6. The van der Waals surface area contributed by atoms with E-state index in [0.717, 1.165) is 12.1 Å². The number of rotatable bonds is 19. The van der Waals surface area contributed by atoms with Crippen LogP contribution < -0.4 is 5.73 Å². The Morgan fingerprint density at radius 1 is 1.05 bits per heavy atom. The van der Waals surface area contributed by atoms with E-state index in [9.17, 15) is 29.4 Å². The van der Waals surface area contributed by atoms with Gasteiger partial charge in [0.05, 0.1) is 29.4 Å². The lowest BCUT2D eigenvalue weighted by Gasteiger charge is -2.40. The van der Waals surface area contributed by atoms with Crippen LogP contribution >= 0.6 is 11.8 Å². The van der Waals surface area contributed by atoms with Gasteiger partial charge in [-0.1, -0.05) is 72.0 Å². The molecule has 15 heteroatoms. The Hall–Kier alpha value is -3.18. The summed E-state index contributed by atoms with van der Waals surface area (Å²) in [6, 6.07) is 6.23. The molecular weight excluding hydrogens is 801 g/mol. The molecular formula is C46H78N4O10S. The van der Waals surface area contributed by atoms with Gasteiger partial charge in [0.2, 0.25) is 5.91 Å². The van der Waals surface area contributed by atoms with Gasteiger partial charge in [0.25, 0.3) is 0 Å². The molecule has 1 aliphatic heterocycles. The molecule has 0 spiro atoms. The molecule has 1 aromatic carbocycles. The van der Waals surface area contributed by atoms with Crippen molar-refractivity contribution in [3.8, 4) is 0 Å². The molecule has 0 saturated carbocycles. The average molecular weight is 879 g/mol. The minimum atomic E-state index is -1.45. The number of carbonyl (C=O) groups is 4. The van der Waals surface area contributed by atoms with Gasteiger partial charge in [0.15, 0.2) is 12.1 Å². The maximum absolute atomic E-state index is 14.4. The summed E-state index contributed by atoms with van der Waals surface area (Å²) >= 11 is 1.25. The highest BCUT2D eigenvalue weighted by molar-refractivity contribution is 8.21. The minimum Gasteiger partial charge on any atom is -0.462 e. The second-order valence-corrected chi connectivity index (χ2v) is 17.5. The van der Waals surface area contributed by atoms with Gasteiger partial charge in [0, 0.05) is 48.4 Å². The molecule has 0 radical (unpaired) electrons. The molecule has 1 aliphatic rings. The standard InChI is InChI=1S/C44H72N4O10S.C2H6/c1-12-16-38(51)48(21-14-13-19-37(46)59-32(8)33-17-15-18-34(45)24-33)39-28(4)40(52)26(2)23-36(55-11)42(29(5)41(53)30(6)43(54)56-25-35(39)50)58-44(31(7)49)57-27(3)20-22-47(9)10;1-2/h15,17-18,24,26-31,35-36,39,42,44,46,49-50H,8,12-14,16,19-23,25,45H2,1-7,9-11H3;1-2H3/t26-,27-,28-,29+,30-,31-,35-,36+,39-,42-,44+;/m1./s1. The number of ether oxygens (including phenoxy) is 4. The summed E-state index contributed by atoms with van der Waals surface area (Å²) in [5.41, 5.74) is 7.35. The first-order valence-electron chi connectivity index (χ1n) is 21.9. The van der Waals surface area contributed by atoms with E-state index in [2.05, 4.69) is 6.58 Å². The van der Waals surface area contributed by atoms with Crippen LogP contribution in [-0.4, -0.2) is 132 Å². The number of anilines is 1. The molecule has 0 bridgehead atoms. The number of hydrogen-bond donors (Lipinski definition) is 4. The number of hydrogen-bond acceptors (Lipinski definition) is 14. The van der Waals surface area contributed by atoms with Gasteiger partial charge in [0.1, 0.15) is 30.5 Å². The van der Waals surface area contributed by atoms with Gasteiger partial charge >= 0.3 is 5.97 Å². The molecule has 2 rings (SSSR count). The monoisotopic (exact) mass is 879 g/mol. The molecule has 61 heavy (non-hydrogen) atoms. The van der Waals surface area contributed by atoms with Crippen molar-refractivity contribution in [3.63, 3.8) is 0 Å². The van der Waals surface area contributed by atoms with E-state index >= 15 is 0 Å². The van der Waals surface area contributed by atoms with Gasteiger partial charge < -0.3 is 44.7 Å². The quantitative estimate of drug-likeness (QED) is 0.0221. The number of nitrogens with one attached hydrogen (secondary N) is 1. The predicted molar refractivity (Wildman–Crippen MR) is 244 cm³/mol. The summed E-state index contributed by atoms with van der Waals surface area (Å²) in [4.78, 5) is 59.8. The fraction of sp³-hybridized carbons (Fsp3) is 0.717. The number of unbranched alkanes of at least 4 members (excludes halogenated alkanes) is 1. The third-order valence-corrected chi connectivity index (χ3v) is 11.8. The first kappa shape index (κ1) is 55.8. The molecule has 1 amide bonds. The van der Waals surface area contributed by atoms with Crippen molar-refractivity contribution in [1.29, 1.82) is 5.41 Å². The second-order valence-electron chi connectivity index (χ2n) is 16.3. The van der Waals surface area contributed by atoms with Gasteiger partial charge in [-0.05, 0) is 97.6 Å². The Balaban J connectivity index is 0.00000916. The number of benzene rings is 1. The smallest absolute Gasteiger partial charge is 0.316 e. The summed E-state index contributed by atoms with van der Waals surface area (Å²) in [7, 11) is 5.33. The molecule has 0 unspecified atom stereocenters. The van der Waals surface area contributed by atoms with Crippen LogP contribution in [0, 0.1) is 29.1 Å². The molecule has 0 aliphatic carbocycles. The molecule has 348 valence electrons. The van der Waals surface area contributed by atoms with Crippen LogP contribution in [0.1, 0.15) is 113 Å². The maximum Gasteiger partial charge on any atom is 0.316 e. The van der Waals surface area contributed by atoms with Crippen LogP contribution in [0.15, 0.2) is 30.8 Å². The maximum atomic E-state index is 14.4. The van der Waals surface area contributed by atoms with Crippen LogP contribution in [0.3, 0.4) is 0 Å². The van der Waals surface area contributed by atoms with E-state index in [0.29, 0.717) is 47.7 Å². The topological polar surface area (TPSA) is 202 Å². The molecule has 1 heterocycles. The third-order valence-electron chi connectivity index (χ3n) is 10.9.